The number of aliphatic hydroxyl groups excluding tert-OH is 1. The number of carbonyl (C=O) groups is 2. The molecular formula is C36H40F3N3O5. The van der Waals surface area contributed by atoms with Gasteiger partial charge in [0.05, 0.1) is 18.8 Å². The average molecular weight is 652 g/mol. The van der Waals surface area contributed by atoms with Crippen LogP contribution in [0.2, 0.25) is 0 Å². The number of benzene rings is 3. The van der Waals surface area contributed by atoms with Crippen molar-refractivity contribution in [2.45, 2.75) is 63.1 Å². The molecule has 8 nitrogen and oxygen atoms in total. The number of hydrogen-bond acceptors (Lipinski definition) is 6. The Hall–Kier alpha value is -4.03. The van der Waals surface area contributed by atoms with Crippen molar-refractivity contribution in [1.29, 1.82) is 0 Å². The first kappa shape index (κ1) is 34.3. The summed E-state index contributed by atoms with van der Waals surface area (Å²) < 4.78 is 51.8. The molecule has 2 N–H and O–H groups in total. The molecule has 5 rings (SSSR count). The normalized spacial score (nSPS) is 21.5. The maximum Gasteiger partial charge on any atom is 0.471 e. The Bertz CT molecular complexity index is 1530. The van der Waals surface area contributed by atoms with Gasteiger partial charge in [-0.1, -0.05) is 72.8 Å². The van der Waals surface area contributed by atoms with E-state index in [9.17, 15) is 27.9 Å². The molecule has 4 unspecified atom stereocenters. The molecule has 2 fully saturated rings. The van der Waals surface area contributed by atoms with Gasteiger partial charge in [0, 0.05) is 38.2 Å². The highest BCUT2D eigenvalue weighted by molar-refractivity contribution is 5.90. The number of nitrogens with zero attached hydrogens (tertiary/aromatic N) is 2. The van der Waals surface area contributed by atoms with Crippen LogP contribution in [0.5, 0.6) is 0 Å². The van der Waals surface area contributed by atoms with Crippen molar-refractivity contribution in [3.8, 4) is 11.1 Å². The first-order valence-corrected chi connectivity index (χ1v) is 15.7. The Balaban J connectivity index is 1.26. The van der Waals surface area contributed by atoms with Crippen molar-refractivity contribution >= 4 is 11.8 Å². The molecule has 0 saturated carbocycles. The number of nitrogens with one attached hydrogen (secondary N) is 1. The molecule has 250 valence electrons. The van der Waals surface area contributed by atoms with Crippen LogP contribution in [0, 0.1) is 0 Å². The number of amides is 2. The van der Waals surface area contributed by atoms with Gasteiger partial charge in [0.2, 0.25) is 5.91 Å². The minimum atomic E-state index is -5.01. The highest BCUT2D eigenvalue weighted by Gasteiger charge is 2.47. The Kier molecular flexibility index (Phi) is 11.1. The summed E-state index contributed by atoms with van der Waals surface area (Å²) in [5, 5.41) is 12.2. The van der Waals surface area contributed by atoms with Crippen molar-refractivity contribution in [3.05, 3.63) is 108 Å². The lowest BCUT2D eigenvalue weighted by molar-refractivity contribution is -0.252. The Morgan fingerprint density at radius 2 is 1.74 bits per heavy atom. The van der Waals surface area contributed by atoms with Gasteiger partial charge in [0.15, 0.2) is 6.29 Å². The fourth-order valence-electron chi connectivity index (χ4n) is 6.12. The number of halogens is 3. The summed E-state index contributed by atoms with van der Waals surface area (Å²) in [7, 11) is 2.02. The van der Waals surface area contributed by atoms with E-state index in [-0.39, 0.29) is 38.3 Å². The topological polar surface area (TPSA) is 91.3 Å². The zero-order valence-corrected chi connectivity index (χ0v) is 26.3. The van der Waals surface area contributed by atoms with Gasteiger partial charge in [0.25, 0.3) is 0 Å². The van der Waals surface area contributed by atoms with Crippen LogP contribution in [-0.4, -0.2) is 71.7 Å². The number of alkyl halides is 3. The van der Waals surface area contributed by atoms with Crippen molar-refractivity contribution in [2.75, 3.05) is 26.7 Å². The second-order valence-corrected chi connectivity index (χ2v) is 12.1. The minimum absolute atomic E-state index is 0.0247. The lowest BCUT2D eigenvalue weighted by atomic mass is 9.99. The van der Waals surface area contributed by atoms with Gasteiger partial charge in [-0.25, -0.2) is 0 Å². The molecule has 3 aromatic carbocycles. The van der Waals surface area contributed by atoms with E-state index in [4.69, 9.17) is 9.47 Å². The zero-order chi connectivity index (χ0) is 33.6. The van der Waals surface area contributed by atoms with Crippen LogP contribution < -0.4 is 5.32 Å². The van der Waals surface area contributed by atoms with E-state index in [1.807, 2.05) is 85.9 Å². The second kappa shape index (κ2) is 15.2. The van der Waals surface area contributed by atoms with Gasteiger partial charge < -0.3 is 29.7 Å². The number of rotatable bonds is 11. The van der Waals surface area contributed by atoms with E-state index in [0.717, 1.165) is 39.9 Å². The number of carbonyl (C=O) groups excluding carboxylic acids is 2. The molecule has 2 amide bonds. The molecule has 0 spiro atoms. The molecule has 0 aromatic heterocycles. The zero-order valence-electron chi connectivity index (χ0n) is 26.3. The summed E-state index contributed by atoms with van der Waals surface area (Å²) in [4.78, 5) is 27.3. The third-order valence-corrected chi connectivity index (χ3v) is 8.54. The summed E-state index contributed by atoms with van der Waals surface area (Å²) in [5.74, 6) is -2.58. The maximum atomic E-state index is 13.0. The summed E-state index contributed by atoms with van der Waals surface area (Å²) in [6.45, 7) is 5.26. The molecule has 4 atom stereocenters. The lowest BCUT2D eigenvalue weighted by Gasteiger charge is -2.37. The van der Waals surface area contributed by atoms with Crippen molar-refractivity contribution in [1.82, 2.24) is 15.1 Å². The van der Waals surface area contributed by atoms with Crippen LogP contribution in [0.3, 0.4) is 0 Å². The van der Waals surface area contributed by atoms with Gasteiger partial charge >= 0.3 is 12.1 Å². The van der Waals surface area contributed by atoms with Gasteiger partial charge in [0.1, 0.15) is 6.04 Å². The molecule has 11 heteroatoms. The van der Waals surface area contributed by atoms with Crippen LogP contribution in [0.25, 0.3) is 11.1 Å². The van der Waals surface area contributed by atoms with Crippen LogP contribution in [0.15, 0.2) is 85.5 Å². The number of ether oxygens (including phenoxy) is 2. The predicted octanol–water partition coefficient (Wildman–Crippen LogP) is 5.68. The monoisotopic (exact) mass is 651 g/mol. The lowest BCUT2D eigenvalue weighted by Crippen LogP contribution is -2.50. The Labute approximate surface area is 272 Å². The summed E-state index contributed by atoms with van der Waals surface area (Å²) >= 11 is 0. The van der Waals surface area contributed by atoms with E-state index in [0.29, 0.717) is 24.3 Å². The van der Waals surface area contributed by atoms with Gasteiger partial charge in [-0.15, -0.1) is 6.58 Å². The molecule has 3 aromatic rings. The van der Waals surface area contributed by atoms with Crippen LogP contribution in [-0.2, 0) is 32.2 Å². The number of likely N-dealkylation sites (tertiary alicyclic amines) is 1. The second-order valence-electron chi connectivity index (χ2n) is 12.1. The van der Waals surface area contributed by atoms with Crippen LogP contribution >= 0.6 is 0 Å². The molecule has 2 saturated heterocycles. The summed E-state index contributed by atoms with van der Waals surface area (Å²) in [5.41, 5.74) is 5.30. The average Bonchev–Trinajstić information content (AvgIpc) is 3.57. The number of aliphatic hydroxyl groups is 1. The molecule has 2 aliphatic rings. The summed E-state index contributed by atoms with van der Waals surface area (Å²) in [6, 6.07) is 22.0. The fraction of sp³-hybridized carbons (Fsp3) is 0.389. The van der Waals surface area contributed by atoms with Gasteiger partial charge in [-0.3, -0.25) is 9.59 Å². The van der Waals surface area contributed by atoms with Crippen LogP contribution in [0.4, 0.5) is 13.2 Å². The smallest absolute Gasteiger partial charge is 0.392 e. The van der Waals surface area contributed by atoms with Crippen LogP contribution in [0.1, 0.15) is 53.9 Å². The highest BCUT2D eigenvalue weighted by atomic mass is 19.4. The molecule has 2 heterocycles. The molecule has 0 radical (unpaired) electrons. The third-order valence-electron chi connectivity index (χ3n) is 8.54. The van der Waals surface area contributed by atoms with E-state index >= 15 is 0 Å². The molecule has 0 bridgehead atoms. The largest absolute Gasteiger partial charge is 0.471 e. The van der Waals surface area contributed by atoms with E-state index < -0.39 is 30.3 Å². The Morgan fingerprint density at radius 1 is 1.02 bits per heavy atom. The molecular weight excluding hydrogens is 611 g/mol. The quantitative estimate of drug-likeness (QED) is 0.260. The minimum Gasteiger partial charge on any atom is -0.392 e. The van der Waals surface area contributed by atoms with Gasteiger partial charge in [-0.05, 0) is 53.8 Å². The number of likely N-dealkylation sites (N-methyl/N-ethyl adjacent to an activating group) is 1. The summed E-state index contributed by atoms with van der Waals surface area (Å²) in [6.07, 6.45) is -2.83. The third kappa shape index (κ3) is 8.66. The fourth-order valence-corrected chi connectivity index (χ4v) is 6.12. The van der Waals surface area contributed by atoms with E-state index in [1.54, 1.807) is 0 Å². The first-order valence-electron chi connectivity index (χ1n) is 15.7. The van der Waals surface area contributed by atoms with E-state index in [1.165, 1.54) is 0 Å². The molecule has 0 aliphatic carbocycles. The van der Waals surface area contributed by atoms with Gasteiger partial charge in [-0.2, -0.15) is 13.2 Å². The first-order chi connectivity index (χ1) is 22.5. The Morgan fingerprint density at radius 3 is 2.43 bits per heavy atom. The predicted molar refractivity (Wildman–Crippen MR) is 171 cm³/mol. The SMILES string of the molecule is C=CCN(C)CC1CC(c2ccc(CO)cc2)OC(c2ccc(-c3cccc(CNC(=O)C4CCCN4C(=O)C(F)(F)F)c3)cc2)O1. The van der Waals surface area contributed by atoms with Crippen molar-refractivity contribution < 1.29 is 37.3 Å². The van der Waals surface area contributed by atoms with Crippen molar-refractivity contribution in [3.63, 3.8) is 0 Å². The highest BCUT2D eigenvalue weighted by Crippen LogP contribution is 2.38. The number of hydrogen-bond donors (Lipinski definition) is 2. The van der Waals surface area contributed by atoms with Crippen molar-refractivity contribution in [2.24, 2.45) is 0 Å². The van der Waals surface area contributed by atoms with E-state index in [2.05, 4.69) is 16.8 Å². The maximum absolute atomic E-state index is 13.0. The standard InChI is InChI=1S/C36H40F3N3O5/c1-3-17-41(2)22-30-20-32(27-11-9-24(23-43)10-12-27)47-34(46-30)28-15-13-26(14-16-28)29-7-4-6-25(19-29)21-40-33(44)31-8-5-18-42(31)35(45)36(37,38)39/h3-4,6-7,9-16,19,30-32,34,43H,1,5,8,17-18,20-23H2,2H3,(H,40,44). The molecule has 2 aliphatic heterocycles. The molecule has 47 heavy (non-hydrogen) atoms.